The lowest BCUT2D eigenvalue weighted by Crippen LogP contribution is -2.24. The molecule has 5 rings (SSSR count). The van der Waals surface area contributed by atoms with Gasteiger partial charge in [0.1, 0.15) is 17.7 Å². The molecule has 0 aliphatic heterocycles. The molecule has 5 aromatic rings. The predicted molar refractivity (Wildman–Crippen MR) is 120 cm³/mol. The first kappa shape index (κ1) is 20.9. The maximum absolute atomic E-state index is 13.7. The molecule has 0 saturated heterocycles. The standard InChI is InChI=1S/C23H13ClF3N5O/c24-14-2-4-15(5-3-14)32-21-16(6-8-18(31-21)23(25,26)27)20(28)19(22(32)33)12-1-7-17-13(9-12)10-29-11-30-17/h1-11H,28H2. The van der Waals surface area contributed by atoms with Gasteiger partial charge in [0.15, 0.2) is 0 Å². The number of nitrogens with two attached hydrogens (primary N) is 1. The molecule has 0 aliphatic carbocycles. The highest BCUT2D eigenvalue weighted by Gasteiger charge is 2.33. The van der Waals surface area contributed by atoms with Crippen molar-refractivity contribution in [3.63, 3.8) is 0 Å². The number of rotatable bonds is 2. The number of benzene rings is 2. The van der Waals surface area contributed by atoms with E-state index in [-0.39, 0.29) is 22.3 Å². The Bertz CT molecular complexity index is 1600. The van der Waals surface area contributed by atoms with Gasteiger partial charge in [-0.1, -0.05) is 17.7 Å². The van der Waals surface area contributed by atoms with Gasteiger partial charge in [-0.2, -0.15) is 13.2 Å². The molecule has 0 aliphatic rings. The minimum Gasteiger partial charge on any atom is -0.397 e. The van der Waals surface area contributed by atoms with Crippen molar-refractivity contribution in [1.29, 1.82) is 0 Å². The van der Waals surface area contributed by atoms with Crippen LogP contribution in [0.5, 0.6) is 0 Å². The Morgan fingerprint density at radius 1 is 1.00 bits per heavy atom. The van der Waals surface area contributed by atoms with Gasteiger partial charge in [0.2, 0.25) is 0 Å². The van der Waals surface area contributed by atoms with E-state index in [4.69, 9.17) is 17.3 Å². The summed E-state index contributed by atoms with van der Waals surface area (Å²) >= 11 is 5.97. The number of anilines is 1. The maximum atomic E-state index is 13.7. The number of fused-ring (bicyclic) bond motifs is 2. The van der Waals surface area contributed by atoms with E-state index in [1.165, 1.54) is 36.7 Å². The minimum atomic E-state index is -4.69. The Balaban J connectivity index is 1.89. The monoisotopic (exact) mass is 467 g/mol. The third-order valence-electron chi connectivity index (χ3n) is 5.23. The van der Waals surface area contributed by atoms with Crippen LogP contribution in [0, 0.1) is 0 Å². The second-order valence-electron chi connectivity index (χ2n) is 7.27. The second kappa shape index (κ2) is 7.56. The summed E-state index contributed by atoms with van der Waals surface area (Å²) in [5.74, 6) is 0. The van der Waals surface area contributed by atoms with Crippen molar-refractivity contribution in [2.45, 2.75) is 6.18 Å². The molecule has 10 heteroatoms. The highest BCUT2D eigenvalue weighted by Crippen LogP contribution is 2.34. The maximum Gasteiger partial charge on any atom is 0.433 e. The third-order valence-corrected chi connectivity index (χ3v) is 5.48. The van der Waals surface area contributed by atoms with E-state index in [1.807, 2.05) is 0 Å². The quantitative estimate of drug-likeness (QED) is 0.383. The summed E-state index contributed by atoms with van der Waals surface area (Å²) in [5.41, 5.74) is 5.98. The third kappa shape index (κ3) is 3.56. The number of halogens is 4. The van der Waals surface area contributed by atoms with Crippen LogP contribution in [0.25, 0.3) is 38.8 Å². The van der Waals surface area contributed by atoms with Crippen molar-refractivity contribution in [1.82, 2.24) is 19.5 Å². The molecule has 2 N–H and O–H groups in total. The largest absolute Gasteiger partial charge is 0.433 e. The molecule has 2 aromatic carbocycles. The van der Waals surface area contributed by atoms with Gasteiger partial charge in [-0.15, -0.1) is 0 Å². The molecule has 0 spiro atoms. The minimum absolute atomic E-state index is 0.0256. The molecule has 0 unspecified atom stereocenters. The summed E-state index contributed by atoms with van der Waals surface area (Å²) in [7, 11) is 0. The summed E-state index contributed by atoms with van der Waals surface area (Å²) in [6.07, 6.45) is -1.69. The first-order valence-electron chi connectivity index (χ1n) is 9.62. The first-order valence-corrected chi connectivity index (χ1v) is 10.0. The van der Waals surface area contributed by atoms with Gasteiger partial charge in [-0.05, 0) is 54.1 Å². The van der Waals surface area contributed by atoms with Crippen LogP contribution in [-0.4, -0.2) is 19.5 Å². The Hall–Kier alpha value is -3.98. The van der Waals surface area contributed by atoms with Crippen LogP contribution in [0.1, 0.15) is 5.69 Å². The summed E-state index contributed by atoms with van der Waals surface area (Å²) in [6, 6.07) is 13.3. The topological polar surface area (TPSA) is 86.7 Å². The van der Waals surface area contributed by atoms with E-state index in [0.29, 0.717) is 27.2 Å². The summed E-state index contributed by atoms with van der Waals surface area (Å²) in [6.45, 7) is 0. The lowest BCUT2D eigenvalue weighted by Gasteiger charge is -2.17. The second-order valence-corrected chi connectivity index (χ2v) is 7.70. The number of nitrogens with zero attached hydrogens (tertiary/aromatic N) is 4. The molecule has 0 fully saturated rings. The fourth-order valence-electron chi connectivity index (χ4n) is 3.69. The lowest BCUT2D eigenvalue weighted by atomic mass is 10.0. The van der Waals surface area contributed by atoms with E-state index in [9.17, 15) is 18.0 Å². The van der Waals surface area contributed by atoms with Crippen LogP contribution in [0.3, 0.4) is 0 Å². The fourth-order valence-corrected chi connectivity index (χ4v) is 3.82. The van der Waals surface area contributed by atoms with Crippen molar-refractivity contribution < 1.29 is 13.2 Å². The molecule has 0 saturated carbocycles. The van der Waals surface area contributed by atoms with Crippen molar-refractivity contribution in [2.75, 3.05) is 5.73 Å². The Kier molecular flexibility index (Phi) is 4.79. The van der Waals surface area contributed by atoms with Gasteiger partial charge in [-0.3, -0.25) is 9.36 Å². The molecule has 0 bridgehead atoms. The SMILES string of the molecule is Nc1c(-c2ccc3ncncc3c2)c(=O)n(-c2ccc(Cl)cc2)c2nc(C(F)(F)F)ccc12. The average Bonchev–Trinajstić information content (AvgIpc) is 2.79. The molecule has 3 aromatic heterocycles. The zero-order valence-corrected chi connectivity index (χ0v) is 17.4. The molecule has 164 valence electrons. The molecular weight excluding hydrogens is 455 g/mol. The number of hydrogen-bond donors (Lipinski definition) is 1. The van der Waals surface area contributed by atoms with Crippen LogP contribution >= 0.6 is 11.6 Å². The number of alkyl halides is 3. The van der Waals surface area contributed by atoms with Crippen molar-refractivity contribution in [2.24, 2.45) is 0 Å². The normalized spacial score (nSPS) is 11.9. The van der Waals surface area contributed by atoms with Gasteiger partial charge < -0.3 is 5.73 Å². The lowest BCUT2D eigenvalue weighted by molar-refractivity contribution is -0.141. The van der Waals surface area contributed by atoms with Crippen molar-refractivity contribution in [3.05, 3.63) is 88.2 Å². The Morgan fingerprint density at radius 3 is 2.48 bits per heavy atom. The van der Waals surface area contributed by atoms with E-state index in [1.54, 1.807) is 24.4 Å². The van der Waals surface area contributed by atoms with Crippen LogP contribution in [0.4, 0.5) is 18.9 Å². The van der Waals surface area contributed by atoms with Crippen molar-refractivity contribution in [3.8, 4) is 16.8 Å². The van der Waals surface area contributed by atoms with Gasteiger partial charge in [0.25, 0.3) is 5.56 Å². The fraction of sp³-hybridized carbons (Fsp3) is 0.0435. The molecule has 0 atom stereocenters. The molecule has 6 nitrogen and oxygen atoms in total. The first-order chi connectivity index (χ1) is 15.7. The van der Waals surface area contributed by atoms with Crippen LogP contribution in [0.15, 0.2) is 71.9 Å². The smallest absolute Gasteiger partial charge is 0.397 e. The molecular formula is C23H13ClF3N5O. The molecule has 33 heavy (non-hydrogen) atoms. The highest BCUT2D eigenvalue weighted by molar-refractivity contribution is 6.30. The zero-order valence-electron chi connectivity index (χ0n) is 16.6. The van der Waals surface area contributed by atoms with Gasteiger partial charge in [0, 0.05) is 22.0 Å². The Labute approximate surface area is 189 Å². The van der Waals surface area contributed by atoms with E-state index in [0.717, 1.165) is 10.6 Å². The Morgan fingerprint density at radius 2 is 1.76 bits per heavy atom. The van der Waals surface area contributed by atoms with Crippen molar-refractivity contribution >= 4 is 39.2 Å². The summed E-state index contributed by atoms with van der Waals surface area (Å²) < 4.78 is 41.3. The highest BCUT2D eigenvalue weighted by atomic mass is 35.5. The predicted octanol–water partition coefficient (Wildman–Crippen LogP) is 5.25. The van der Waals surface area contributed by atoms with Gasteiger partial charge in [-0.25, -0.2) is 15.0 Å². The van der Waals surface area contributed by atoms with E-state index < -0.39 is 17.4 Å². The summed E-state index contributed by atoms with van der Waals surface area (Å²) in [5, 5.41) is 1.29. The van der Waals surface area contributed by atoms with Crippen LogP contribution in [-0.2, 0) is 6.18 Å². The van der Waals surface area contributed by atoms with E-state index >= 15 is 0 Å². The zero-order chi connectivity index (χ0) is 23.3. The number of pyridine rings is 2. The molecule has 0 amide bonds. The van der Waals surface area contributed by atoms with Gasteiger partial charge in [0.05, 0.1) is 22.5 Å². The number of aromatic nitrogens is 4. The molecule has 3 heterocycles. The molecule has 0 radical (unpaired) electrons. The van der Waals surface area contributed by atoms with Crippen LogP contribution in [0.2, 0.25) is 5.02 Å². The number of nitrogen functional groups attached to an aromatic ring is 1. The average molecular weight is 468 g/mol. The summed E-state index contributed by atoms with van der Waals surface area (Å²) in [4.78, 5) is 25.6. The van der Waals surface area contributed by atoms with Gasteiger partial charge >= 0.3 is 6.18 Å². The number of hydrogen-bond acceptors (Lipinski definition) is 5. The van der Waals surface area contributed by atoms with E-state index in [2.05, 4.69) is 15.0 Å². The van der Waals surface area contributed by atoms with Crippen LogP contribution < -0.4 is 11.3 Å².